The van der Waals surface area contributed by atoms with Crippen molar-refractivity contribution in [3.05, 3.63) is 18.1 Å². The second-order valence-corrected chi connectivity index (χ2v) is 3.45. The van der Waals surface area contributed by atoms with Crippen LogP contribution in [0.1, 0.15) is 18.0 Å². The molecule has 0 radical (unpaired) electrons. The summed E-state index contributed by atoms with van der Waals surface area (Å²) in [6.07, 6.45) is 7.76. The monoisotopic (exact) mass is 203 g/mol. The molecule has 0 aliphatic carbocycles. The van der Waals surface area contributed by atoms with Crippen LogP contribution < -0.4 is 5.32 Å². The molecule has 1 unspecified atom stereocenters. The molecule has 0 amide bonds. The third-order valence-corrected chi connectivity index (χ3v) is 2.41. The first-order chi connectivity index (χ1) is 7.40. The van der Waals surface area contributed by atoms with Crippen molar-refractivity contribution in [2.24, 2.45) is 0 Å². The zero-order valence-corrected chi connectivity index (χ0v) is 8.44. The van der Waals surface area contributed by atoms with Crippen LogP contribution in [0.4, 0.5) is 5.82 Å². The van der Waals surface area contributed by atoms with Gasteiger partial charge in [0.1, 0.15) is 12.1 Å². The van der Waals surface area contributed by atoms with Crippen LogP contribution in [-0.2, 0) is 4.74 Å². The number of nitrogens with one attached hydrogen (secondary N) is 1. The van der Waals surface area contributed by atoms with E-state index in [9.17, 15) is 0 Å². The molecule has 4 nitrogen and oxygen atoms in total. The Kier molecular flexibility index (Phi) is 3.15. The molecule has 0 bridgehead atoms. The summed E-state index contributed by atoms with van der Waals surface area (Å²) in [4.78, 5) is 8.34. The first-order valence-corrected chi connectivity index (χ1v) is 4.97. The molecule has 1 saturated heterocycles. The highest BCUT2D eigenvalue weighted by molar-refractivity contribution is 5.37. The number of anilines is 1. The molecular weight excluding hydrogens is 190 g/mol. The summed E-state index contributed by atoms with van der Waals surface area (Å²) >= 11 is 0. The second kappa shape index (κ2) is 4.76. The number of hydrogen-bond acceptors (Lipinski definition) is 4. The molecule has 1 aromatic rings. The molecule has 1 fully saturated rings. The quantitative estimate of drug-likeness (QED) is 0.745. The molecule has 15 heavy (non-hydrogen) atoms. The SMILES string of the molecule is C#CCNc1cc(C2CCOC2)ncn1. The molecule has 1 aliphatic heterocycles. The van der Waals surface area contributed by atoms with Crippen molar-refractivity contribution in [1.82, 2.24) is 9.97 Å². The van der Waals surface area contributed by atoms with Crippen LogP contribution in [-0.4, -0.2) is 29.7 Å². The smallest absolute Gasteiger partial charge is 0.130 e. The maximum atomic E-state index is 5.32. The minimum Gasteiger partial charge on any atom is -0.381 e. The van der Waals surface area contributed by atoms with Crippen molar-refractivity contribution in [2.75, 3.05) is 25.1 Å². The Morgan fingerprint density at radius 3 is 3.27 bits per heavy atom. The molecule has 2 rings (SSSR count). The summed E-state index contributed by atoms with van der Waals surface area (Å²) in [7, 11) is 0. The summed E-state index contributed by atoms with van der Waals surface area (Å²) in [6, 6.07) is 1.94. The first-order valence-electron chi connectivity index (χ1n) is 4.97. The second-order valence-electron chi connectivity index (χ2n) is 3.45. The predicted octanol–water partition coefficient (Wildman–Crippen LogP) is 1.03. The number of aromatic nitrogens is 2. The Morgan fingerprint density at radius 1 is 1.60 bits per heavy atom. The van der Waals surface area contributed by atoms with Crippen molar-refractivity contribution in [3.8, 4) is 12.3 Å². The van der Waals surface area contributed by atoms with E-state index in [0.717, 1.165) is 31.1 Å². The largest absolute Gasteiger partial charge is 0.381 e. The summed E-state index contributed by atoms with van der Waals surface area (Å²) in [5.41, 5.74) is 1.03. The van der Waals surface area contributed by atoms with Gasteiger partial charge in [0.25, 0.3) is 0 Å². The summed E-state index contributed by atoms with van der Waals surface area (Å²) in [6.45, 7) is 2.06. The average molecular weight is 203 g/mol. The molecule has 0 aromatic carbocycles. The highest BCUT2D eigenvalue weighted by atomic mass is 16.5. The summed E-state index contributed by atoms with van der Waals surface area (Å²) in [5.74, 6) is 3.69. The van der Waals surface area contributed by atoms with Gasteiger partial charge in [-0.3, -0.25) is 0 Å². The zero-order valence-electron chi connectivity index (χ0n) is 8.44. The maximum absolute atomic E-state index is 5.32. The highest BCUT2D eigenvalue weighted by Gasteiger charge is 2.19. The Hall–Kier alpha value is -1.60. The molecular formula is C11H13N3O. The van der Waals surface area contributed by atoms with E-state index in [-0.39, 0.29) is 0 Å². The minimum absolute atomic E-state index is 0.402. The van der Waals surface area contributed by atoms with Gasteiger partial charge in [-0.15, -0.1) is 6.42 Å². The molecule has 1 N–H and O–H groups in total. The number of hydrogen-bond donors (Lipinski definition) is 1. The van der Waals surface area contributed by atoms with E-state index in [1.54, 1.807) is 6.33 Å². The lowest BCUT2D eigenvalue weighted by Gasteiger charge is -2.08. The lowest BCUT2D eigenvalue weighted by Crippen LogP contribution is -2.05. The van der Waals surface area contributed by atoms with Crippen LogP contribution in [0, 0.1) is 12.3 Å². The van der Waals surface area contributed by atoms with Crippen molar-refractivity contribution in [1.29, 1.82) is 0 Å². The first kappa shape index (κ1) is 9.94. The van der Waals surface area contributed by atoms with E-state index in [1.807, 2.05) is 6.07 Å². The third-order valence-electron chi connectivity index (χ3n) is 2.41. The van der Waals surface area contributed by atoms with E-state index < -0.39 is 0 Å². The fourth-order valence-electron chi connectivity index (χ4n) is 1.60. The maximum Gasteiger partial charge on any atom is 0.130 e. The Morgan fingerprint density at radius 2 is 2.53 bits per heavy atom. The number of nitrogens with zero attached hydrogens (tertiary/aromatic N) is 2. The van der Waals surface area contributed by atoms with E-state index >= 15 is 0 Å². The van der Waals surface area contributed by atoms with E-state index in [0.29, 0.717) is 12.5 Å². The van der Waals surface area contributed by atoms with Crippen LogP contribution in [0.25, 0.3) is 0 Å². The van der Waals surface area contributed by atoms with Crippen molar-refractivity contribution >= 4 is 5.82 Å². The van der Waals surface area contributed by atoms with E-state index in [4.69, 9.17) is 11.2 Å². The predicted molar refractivity (Wildman–Crippen MR) is 57.5 cm³/mol. The third kappa shape index (κ3) is 2.45. The van der Waals surface area contributed by atoms with Crippen LogP contribution in [0.3, 0.4) is 0 Å². The van der Waals surface area contributed by atoms with Crippen molar-refractivity contribution in [3.63, 3.8) is 0 Å². The van der Waals surface area contributed by atoms with Gasteiger partial charge in [0, 0.05) is 18.6 Å². The van der Waals surface area contributed by atoms with Crippen LogP contribution >= 0.6 is 0 Å². The Bertz CT molecular complexity index is 366. The van der Waals surface area contributed by atoms with Gasteiger partial charge in [0.2, 0.25) is 0 Å². The normalized spacial score (nSPS) is 19.8. The average Bonchev–Trinajstić information content (AvgIpc) is 2.80. The molecule has 1 aromatic heterocycles. The van der Waals surface area contributed by atoms with Gasteiger partial charge < -0.3 is 10.1 Å². The Labute approximate surface area is 89.1 Å². The van der Waals surface area contributed by atoms with Gasteiger partial charge in [0.05, 0.1) is 18.8 Å². The molecule has 0 spiro atoms. The van der Waals surface area contributed by atoms with Crippen LogP contribution in [0.5, 0.6) is 0 Å². The molecule has 4 heteroatoms. The van der Waals surface area contributed by atoms with Gasteiger partial charge >= 0.3 is 0 Å². The highest BCUT2D eigenvalue weighted by Crippen LogP contribution is 2.24. The minimum atomic E-state index is 0.402. The van der Waals surface area contributed by atoms with Crippen molar-refractivity contribution < 1.29 is 4.74 Å². The molecule has 0 saturated carbocycles. The van der Waals surface area contributed by atoms with Gasteiger partial charge in [-0.1, -0.05) is 5.92 Å². The molecule has 78 valence electrons. The fourth-order valence-corrected chi connectivity index (χ4v) is 1.60. The van der Waals surface area contributed by atoms with Gasteiger partial charge in [-0.2, -0.15) is 0 Å². The van der Waals surface area contributed by atoms with Crippen LogP contribution in [0.15, 0.2) is 12.4 Å². The fraction of sp³-hybridized carbons (Fsp3) is 0.455. The number of terminal acetylenes is 1. The van der Waals surface area contributed by atoms with Crippen LogP contribution in [0.2, 0.25) is 0 Å². The Balaban J connectivity index is 2.08. The zero-order chi connectivity index (χ0) is 10.5. The van der Waals surface area contributed by atoms with E-state index in [1.165, 1.54) is 0 Å². The van der Waals surface area contributed by atoms with Gasteiger partial charge in [-0.25, -0.2) is 9.97 Å². The molecule has 1 aliphatic rings. The lowest BCUT2D eigenvalue weighted by molar-refractivity contribution is 0.193. The number of ether oxygens (including phenoxy) is 1. The lowest BCUT2D eigenvalue weighted by atomic mass is 10.1. The van der Waals surface area contributed by atoms with Gasteiger partial charge in [0.15, 0.2) is 0 Å². The van der Waals surface area contributed by atoms with E-state index in [2.05, 4.69) is 21.2 Å². The molecule has 2 heterocycles. The number of rotatable bonds is 3. The molecule has 1 atom stereocenters. The topological polar surface area (TPSA) is 47.0 Å². The standard InChI is InChI=1S/C11H13N3O/c1-2-4-12-11-6-10(13-8-14-11)9-3-5-15-7-9/h1,6,8-9H,3-5,7H2,(H,12,13,14). The van der Waals surface area contributed by atoms with Gasteiger partial charge in [-0.05, 0) is 6.42 Å². The summed E-state index contributed by atoms with van der Waals surface area (Å²) in [5, 5.41) is 3.03. The van der Waals surface area contributed by atoms with Crippen molar-refractivity contribution in [2.45, 2.75) is 12.3 Å². The summed E-state index contributed by atoms with van der Waals surface area (Å²) < 4.78 is 5.32.